The molecule has 0 radical (unpaired) electrons. The lowest BCUT2D eigenvalue weighted by Gasteiger charge is -2.10. The van der Waals surface area contributed by atoms with Crippen molar-refractivity contribution in [3.8, 4) is 0 Å². The van der Waals surface area contributed by atoms with Crippen molar-refractivity contribution in [2.75, 3.05) is 0 Å². The Morgan fingerprint density at radius 2 is 1.70 bits per heavy atom. The summed E-state index contributed by atoms with van der Waals surface area (Å²) in [5.41, 5.74) is 2.14. The second-order valence-electron chi connectivity index (χ2n) is 4.35. The minimum absolute atomic E-state index is 0.0662. The molecule has 0 saturated heterocycles. The van der Waals surface area contributed by atoms with Crippen molar-refractivity contribution < 1.29 is 19.1 Å². The molecular weight excluding hydrogens is 258 g/mol. The molecule has 0 bridgehead atoms. The molecule has 0 aliphatic carbocycles. The monoisotopic (exact) mass is 273 g/mol. The first-order valence-corrected chi connectivity index (χ1v) is 6.20. The number of esters is 2. The van der Waals surface area contributed by atoms with E-state index in [0.717, 1.165) is 16.5 Å². The quantitative estimate of drug-likeness (QED) is 0.800. The molecule has 2 aromatic rings. The molecule has 0 aliphatic heterocycles. The van der Waals surface area contributed by atoms with Crippen LogP contribution >= 0.6 is 0 Å². The Bertz CT molecular complexity index is 595. The summed E-state index contributed by atoms with van der Waals surface area (Å²) in [6.07, 6.45) is 0. The number of fused-ring (bicyclic) bond motifs is 1. The number of carbonyl (C=O) groups is 2. The molecule has 20 heavy (non-hydrogen) atoms. The number of nitrogens with zero attached hydrogens (tertiary/aromatic N) is 1. The topological polar surface area (TPSA) is 65.5 Å². The maximum Gasteiger partial charge on any atom is 0.303 e. The summed E-state index contributed by atoms with van der Waals surface area (Å²) in [7, 11) is 0. The predicted molar refractivity (Wildman–Crippen MR) is 72.7 cm³/mol. The molecule has 0 amide bonds. The maximum absolute atomic E-state index is 10.9. The van der Waals surface area contributed by atoms with Gasteiger partial charge in [0, 0.05) is 24.8 Å². The molecule has 0 atom stereocenters. The average molecular weight is 273 g/mol. The molecule has 0 aliphatic rings. The fourth-order valence-electron chi connectivity index (χ4n) is 1.80. The van der Waals surface area contributed by atoms with Gasteiger partial charge in [-0.2, -0.15) is 0 Å². The molecule has 1 aromatic heterocycles. The highest BCUT2D eigenvalue weighted by molar-refractivity contribution is 5.79. The van der Waals surface area contributed by atoms with Gasteiger partial charge in [0.1, 0.15) is 13.2 Å². The number of benzene rings is 1. The molecule has 0 N–H and O–H groups in total. The van der Waals surface area contributed by atoms with Crippen LogP contribution in [-0.4, -0.2) is 16.9 Å². The Morgan fingerprint density at radius 3 is 2.40 bits per heavy atom. The minimum Gasteiger partial charge on any atom is -0.461 e. The fraction of sp³-hybridized carbons (Fsp3) is 0.267. The second-order valence-corrected chi connectivity index (χ2v) is 4.35. The first kappa shape index (κ1) is 14.0. The summed E-state index contributed by atoms with van der Waals surface area (Å²) in [4.78, 5) is 26.3. The molecule has 104 valence electrons. The molecule has 0 spiro atoms. The van der Waals surface area contributed by atoms with E-state index in [1.165, 1.54) is 13.8 Å². The van der Waals surface area contributed by atoms with Crippen LogP contribution in [0.2, 0.25) is 0 Å². The third-order valence-corrected chi connectivity index (χ3v) is 2.74. The van der Waals surface area contributed by atoms with Crippen LogP contribution in [0.25, 0.3) is 10.9 Å². The zero-order valence-electron chi connectivity index (χ0n) is 11.4. The van der Waals surface area contributed by atoms with E-state index in [1.807, 2.05) is 30.3 Å². The Morgan fingerprint density at radius 1 is 1.05 bits per heavy atom. The molecule has 0 fully saturated rings. The number of rotatable bonds is 4. The van der Waals surface area contributed by atoms with Crippen molar-refractivity contribution in [1.82, 2.24) is 4.98 Å². The second kappa shape index (κ2) is 6.14. The lowest BCUT2D eigenvalue weighted by atomic mass is 10.1. The van der Waals surface area contributed by atoms with Crippen LogP contribution in [0, 0.1) is 0 Å². The van der Waals surface area contributed by atoms with Crippen molar-refractivity contribution in [2.24, 2.45) is 0 Å². The lowest BCUT2D eigenvalue weighted by molar-refractivity contribution is -0.144. The van der Waals surface area contributed by atoms with E-state index < -0.39 is 0 Å². The predicted octanol–water partition coefficient (Wildman–Crippen LogP) is 2.36. The van der Waals surface area contributed by atoms with E-state index in [0.29, 0.717) is 5.69 Å². The Balaban J connectivity index is 2.35. The normalized spacial score (nSPS) is 10.3. The molecule has 5 heteroatoms. The average Bonchev–Trinajstić information content (AvgIpc) is 2.42. The van der Waals surface area contributed by atoms with E-state index in [9.17, 15) is 9.59 Å². The van der Waals surface area contributed by atoms with Gasteiger partial charge in [0.25, 0.3) is 0 Å². The highest BCUT2D eigenvalue weighted by Gasteiger charge is 2.10. The number of hydrogen-bond donors (Lipinski definition) is 0. The van der Waals surface area contributed by atoms with Gasteiger partial charge in [-0.3, -0.25) is 9.59 Å². The number of hydrogen-bond acceptors (Lipinski definition) is 5. The summed E-state index contributed by atoms with van der Waals surface area (Å²) in [6.45, 7) is 2.87. The smallest absolute Gasteiger partial charge is 0.303 e. The molecule has 1 aromatic carbocycles. The van der Waals surface area contributed by atoms with Gasteiger partial charge in [-0.25, -0.2) is 4.98 Å². The van der Waals surface area contributed by atoms with Gasteiger partial charge in [-0.05, 0) is 12.1 Å². The highest BCUT2D eigenvalue weighted by Crippen LogP contribution is 2.18. The zero-order valence-corrected chi connectivity index (χ0v) is 11.4. The van der Waals surface area contributed by atoms with E-state index in [4.69, 9.17) is 9.47 Å². The van der Waals surface area contributed by atoms with Crippen LogP contribution in [0.5, 0.6) is 0 Å². The van der Waals surface area contributed by atoms with Crippen LogP contribution in [-0.2, 0) is 32.3 Å². The van der Waals surface area contributed by atoms with Gasteiger partial charge in [0.15, 0.2) is 0 Å². The van der Waals surface area contributed by atoms with E-state index >= 15 is 0 Å². The summed E-state index contributed by atoms with van der Waals surface area (Å²) >= 11 is 0. The lowest BCUT2D eigenvalue weighted by Crippen LogP contribution is -2.07. The first-order valence-electron chi connectivity index (χ1n) is 6.20. The van der Waals surface area contributed by atoms with Crippen LogP contribution in [0.3, 0.4) is 0 Å². The first-order chi connectivity index (χ1) is 9.56. The summed E-state index contributed by atoms with van der Waals surface area (Å²) in [6, 6.07) is 9.49. The minimum atomic E-state index is -0.376. The van der Waals surface area contributed by atoms with Gasteiger partial charge in [-0.15, -0.1) is 0 Å². The number of ether oxygens (including phenoxy) is 2. The number of aromatic nitrogens is 1. The fourth-order valence-corrected chi connectivity index (χ4v) is 1.80. The van der Waals surface area contributed by atoms with Crippen molar-refractivity contribution in [3.63, 3.8) is 0 Å². The summed E-state index contributed by atoms with van der Waals surface area (Å²) in [5, 5.41) is 0.946. The van der Waals surface area contributed by atoms with E-state index in [-0.39, 0.29) is 25.2 Å². The van der Waals surface area contributed by atoms with Gasteiger partial charge < -0.3 is 9.47 Å². The Kier molecular flexibility index (Phi) is 4.30. The molecular formula is C15H15NO4. The Hall–Kier alpha value is -2.43. The molecule has 5 nitrogen and oxygen atoms in total. The summed E-state index contributed by atoms with van der Waals surface area (Å²) in [5.74, 6) is -0.741. The standard InChI is InChI=1S/C15H15NO4/c1-10(17)19-8-13-7-12-5-3-4-6-14(12)16-15(13)9-20-11(2)18/h3-7H,8-9H2,1-2H3. The third kappa shape index (κ3) is 3.54. The summed E-state index contributed by atoms with van der Waals surface area (Å²) < 4.78 is 9.99. The SMILES string of the molecule is CC(=O)OCc1cc2ccccc2nc1COC(C)=O. The van der Waals surface area contributed by atoms with Gasteiger partial charge in [0.05, 0.1) is 11.2 Å². The third-order valence-electron chi connectivity index (χ3n) is 2.74. The zero-order chi connectivity index (χ0) is 14.5. The molecule has 1 heterocycles. The van der Waals surface area contributed by atoms with Crippen molar-refractivity contribution in [1.29, 1.82) is 0 Å². The number of pyridine rings is 1. The van der Waals surface area contributed by atoms with Crippen molar-refractivity contribution >= 4 is 22.8 Å². The van der Waals surface area contributed by atoms with Crippen molar-refractivity contribution in [3.05, 3.63) is 41.6 Å². The Labute approximate surface area is 116 Å². The van der Waals surface area contributed by atoms with Crippen molar-refractivity contribution in [2.45, 2.75) is 27.1 Å². The van der Waals surface area contributed by atoms with Crippen LogP contribution in [0.1, 0.15) is 25.1 Å². The molecule has 0 unspecified atom stereocenters. The van der Waals surface area contributed by atoms with Crippen LogP contribution in [0.4, 0.5) is 0 Å². The highest BCUT2D eigenvalue weighted by atomic mass is 16.5. The molecule has 0 saturated carbocycles. The van der Waals surface area contributed by atoms with E-state index in [1.54, 1.807) is 0 Å². The number of para-hydroxylation sites is 1. The van der Waals surface area contributed by atoms with E-state index in [2.05, 4.69) is 4.98 Å². The van der Waals surface area contributed by atoms with Gasteiger partial charge in [0.2, 0.25) is 0 Å². The van der Waals surface area contributed by atoms with Crippen LogP contribution < -0.4 is 0 Å². The van der Waals surface area contributed by atoms with Crippen LogP contribution in [0.15, 0.2) is 30.3 Å². The van der Waals surface area contributed by atoms with Gasteiger partial charge >= 0.3 is 11.9 Å². The van der Waals surface area contributed by atoms with Gasteiger partial charge in [-0.1, -0.05) is 18.2 Å². The maximum atomic E-state index is 10.9. The number of carbonyl (C=O) groups excluding carboxylic acids is 2. The largest absolute Gasteiger partial charge is 0.461 e. The molecule has 2 rings (SSSR count).